The van der Waals surface area contributed by atoms with Crippen LogP contribution < -0.4 is 36.3 Å². The van der Waals surface area contributed by atoms with Gasteiger partial charge in [-0.25, -0.2) is 0 Å². The first kappa shape index (κ1) is 39.4. The Morgan fingerprint density at radius 2 is 0.339 bits per heavy atom. The predicted molar refractivity (Wildman–Crippen MR) is 242 cm³/mol. The van der Waals surface area contributed by atoms with E-state index in [0.29, 0.717) is 36.3 Å². The van der Waals surface area contributed by atoms with Gasteiger partial charge in [0.05, 0.1) is 0 Å². The van der Waals surface area contributed by atoms with Gasteiger partial charge in [0.2, 0.25) is 0 Å². The van der Waals surface area contributed by atoms with E-state index in [0.717, 1.165) is 0 Å². The maximum atomic E-state index is 7.96. The number of hydrogen-bond acceptors (Lipinski definition) is 12. The fraction of sp³-hybridized carbons (Fsp3) is 0. The van der Waals surface area contributed by atoms with Crippen LogP contribution in [0.15, 0.2) is 212 Å². The summed E-state index contributed by atoms with van der Waals surface area (Å²) in [6.45, 7) is 0. The molecule has 6 aliphatic rings. The first-order valence-electron chi connectivity index (χ1n) is 20.0. The molecule has 6 heterocycles. The standard InChI is InChI=1S/C42H35O12Si8/c1-8-22-36(23-9-1)56-43-55-44-57(37-24-10-2-11-25-37)48-59(46-56,39-28-14-4-15-29-39)52-62(42-34-20-7-21-35-42)53-60(47-56,40-30-16-5-17-31-40)49-58(45-55,38-26-12-3-13-27-38)51-61(50-57,54-62)41-32-18-6-19-33-41/h1-35H. The van der Waals surface area contributed by atoms with Gasteiger partial charge in [-0.05, 0) is 0 Å². The second kappa shape index (κ2) is 14.9. The molecule has 62 heavy (non-hydrogen) atoms. The van der Waals surface area contributed by atoms with Crippen molar-refractivity contribution in [1.29, 1.82) is 0 Å². The monoisotopic (exact) mass is 955 g/mol. The topological polar surface area (TPSA) is 111 Å². The lowest BCUT2D eigenvalue weighted by atomic mass is 10.4. The van der Waals surface area contributed by atoms with Crippen LogP contribution in [0.2, 0.25) is 0 Å². The summed E-state index contributed by atoms with van der Waals surface area (Å²) in [5.41, 5.74) is 0. The highest BCUT2D eigenvalue weighted by Gasteiger charge is 2.84. The summed E-state index contributed by atoms with van der Waals surface area (Å²) < 4.78 is 93.4. The molecule has 0 N–H and O–H groups in total. The van der Waals surface area contributed by atoms with Crippen molar-refractivity contribution in [2.75, 3.05) is 0 Å². The van der Waals surface area contributed by atoms with Crippen molar-refractivity contribution in [2.24, 2.45) is 0 Å². The van der Waals surface area contributed by atoms with Crippen LogP contribution in [0.1, 0.15) is 0 Å². The van der Waals surface area contributed by atoms with Gasteiger partial charge in [-0.1, -0.05) is 212 Å². The van der Waals surface area contributed by atoms with Gasteiger partial charge in [-0.15, -0.1) is 0 Å². The molecule has 6 fully saturated rings. The molecule has 1 radical (unpaired) electrons. The molecule has 0 aromatic heterocycles. The zero-order valence-corrected chi connectivity index (χ0v) is 40.6. The molecule has 0 saturated carbocycles. The van der Waals surface area contributed by atoms with Crippen LogP contribution in [-0.2, 0) is 49.4 Å². The molecule has 0 atom stereocenters. The Morgan fingerprint density at radius 3 is 0.516 bits per heavy atom. The average Bonchev–Trinajstić information content (AvgIpc) is 3.30. The molecule has 0 unspecified atom stereocenters. The predicted octanol–water partition coefficient (Wildman–Crippen LogP) is 2.16. The molecule has 0 amide bonds. The zero-order chi connectivity index (χ0) is 41.4. The third-order valence-electron chi connectivity index (χ3n) is 11.0. The molecule has 13 rings (SSSR count). The van der Waals surface area contributed by atoms with E-state index < -0.39 is 71.2 Å². The normalized spacial score (nSPS) is 33.7. The van der Waals surface area contributed by atoms with Gasteiger partial charge in [0.25, 0.3) is 0 Å². The lowest BCUT2D eigenvalue weighted by Crippen LogP contribution is -2.94. The molecule has 7 aromatic carbocycles. The van der Waals surface area contributed by atoms with Gasteiger partial charge in [0.1, 0.15) is 0 Å². The van der Waals surface area contributed by atoms with Crippen molar-refractivity contribution in [3.63, 3.8) is 0 Å². The SMILES string of the molecule is c1ccc([Si]23O[Si]4O[Si]5(c6ccccc6)O[Si](c6ccccc6)(O2)O[Si]2(c6ccccc6)O[Si](c6ccccc6)(O3)O[Si](c3ccccc3)(O4)O[Si](c3ccccc3)(O5)O2)cc1. The Kier molecular flexibility index (Phi) is 9.49. The Bertz CT molecular complexity index is 2420. The smallest absolute Gasteiger partial charge is 0.367 e. The lowest BCUT2D eigenvalue weighted by molar-refractivity contribution is 0.00214. The Morgan fingerprint density at radius 1 is 0.194 bits per heavy atom. The van der Waals surface area contributed by atoms with Crippen molar-refractivity contribution in [2.45, 2.75) is 0 Å². The minimum absolute atomic E-state index is 0.582. The van der Waals surface area contributed by atoms with E-state index in [1.165, 1.54) is 0 Å². The first-order valence-corrected chi connectivity index (χ1v) is 33.3. The lowest BCUT2D eigenvalue weighted by Gasteiger charge is -2.60. The van der Waals surface area contributed by atoms with E-state index >= 15 is 0 Å². The van der Waals surface area contributed by atoms with Crippen LogP contribution in [-0.4, -0.2) is 71.2 Å². The van der Waals surface area contributed by atoms with Crippen LogP contribution in [0.5, 0.6) is 0 Å². The molecule has 12 nitrogen and oxygen atoms in total. The fourth-order valence-electron chi connectivity index (χ4n) is 8.15. The van der Waals surface area contributed by atoms with Gasteiger partial charge < -0.3 is 49.4 Å². The molecule has 8 bridgehead atoms. The van der Waals surface area contributed by atoms with Crippen LogP contribution in [0.3, 0.4) is 0 Å². The molecule has 7 aromatic rings. The maximum absolute atomic E-state index is 7.96. The van der Waals surface area contributed by atoms with Gasteiger partial charge in [0, 0.05) is 36.3 Å². The van der Waals surface area contributed by atoms with Crippen molar-refractivity contribution in [3.8, 4) is 0 Å². The van der Waals surface area contributed by atoms with Crippen molar-refractivity contribution < 1.29 is 49.4 Å². The largest absolute Gasteiger partial charge is 0.554 e. The highest BCUT2D eigenvalue weighted by molar-refractivity contribution is 7.12. The second-order valence-electron chi connectivity index (χ2n) is 14.9. The Hall–Kier alpha value is -4.20. The Labute approximate surface area is 367 Å². The third-order valence-corrected chi connectivity index (χ3v) is 42.8. The minimum atomic E-state index is -4.65. The van der Waals surface area contributed by atoms with Crippen LogP contribution >= 0.6 is 0 Å². The van der Waals surface area contributed by atoms with Gasteiger partial charge >= 0.3 is 71.2 Å². The molecular weight excluding hydrogens is 921 g/mol. The van der Waals surface area contributed by atoms with E-state index in [1.54, 1.807) is 0 Å². The Balaban J connectivity index is 1.27. The molecule has 0 aliphatic carbocycles. The fourth-order valence-corrected chi connectivity index (χ4v) is 50.6. The van der Waals surface area contributed by atoms with Gasteiger partial charge in [-0.2, -0.15) is 0 Å². The van der Waals surface area contributed by atoms with Gasteiger partial charge in [-0.3, -0.25) is 0 Å². The minimum Gasteiger partial charge on any atom is -0.367 e. The summed E-state index contributed by atoms with van der Waals surface area (Å²) in [4.78, 5) is 0. The van der Waals surface area contributed by atoms with E-state index in [4.69, 9.17) is 49.4 Å². The summed E-state index contributed by atoms with van der Waals surface area (Å²) in [6.07, 6.45) is 0. The molecule has 20 heteroatoms. The average molecular weight is 956 g/mol. The molecule has 0 spiro atoms. The number of benzene rings is 7. The molecule has 6 aliphatic heterocycles. The third kappa shape index (κ3) is 6.32. The summed E-state index contributed by atoms with van der Waals surface area (Å²) in [6, 6.07) is 67.0. The van der Waals surface area contributed by atoms with Crippen molar-refractivity contribution in [1.82, 2.24) is 0 Å². The molecule has 307 valence electrons. The zero-order valence-electron chi connectivity index (χ0n) is 32.6. The highest BCUT2D eigenvalue weighted by Crippen LogP contribution is 2.46. The summed E-state index contributed by atoms with van der Waals surface area (Å²) >= 11 is 0. The van der Waals surface area contributed by atoms with Gasteiger partial charge in [0.15, 0.2) is 0 Å². The van der Waals surface area contributed by atoms with Crippen molar-refractivity contribution in [3.05, 3.63) is 212 Å². The summed E-state index contributed by atoms with van der Waals surface area (Å²) in [5.74, 6) is 0. The maximum Gasteiger partial charge on any atom is 0.554 e. The number of hydrogen-bond donors (Lipinski definition) is 0. The quantitative estimate of drug-likeness (QED) is 0.219. The summed E-state index contributed by atoms with van der Waals surface area (Å²) in [7, 11) is -35.1. The summed E-state index contributed by atoms with van der Waals surface area (Å²) in [5, 5.41) is 4.12. The van der Waals surface area contributed by atoms with Crippen LogP contribution in [0.4, 0.5) is 0 Å². The van der Waals surface area contributed by atoms with Crippen molar-refractivity contribution >= 4 is 107 Å². The van der Waals surface area contributed by atoms with Crippen LogP contribution in [0.25, 0.3) is 0 Å². The van der Waals surface area contributed by atoms with E-state index in [-0.39, 0.29) is 0 Å². The molecular formula is C42H35O12Si8. The first-order chi connectivity index (χ1) is 30.4. The number of rotatable bonds is 7. The highest BCUT2D eigenvalue weighted by atomic mass is 28.6. The van der Waals surface area contributed by atoms with Crippen LogP contribution in [0, 0.1) is 0 Å². The van der Waals surface area contributed by atoms with E-state index in [2.05, 4.69) is 0 Å². The van der Waals surface area contributed by atoms with E-state index in [9.17, 15) is 0 Å². The van der Waals surface area contributed by atoms with E-state index in [1.807, 2.05) is 212 Å². The molecule has 6 saturated heterocycles. The second-order valence-corrected chi connectivity index (χ2v) is 37.1.